The Bertz CT molecular complexity index is 214. The van der Waals surface area contributed by atoms with Crippen LogP contribution in [-0.2, 0) is 9.57 Å². The Hall–Kier alpha value is -0.0551. The van der Waals surface area contributed by atoms with E-state index in [0.717, 1.165) is 32.4 Å². The standard InChI is InChI=1S/C13H26BNO2/c1-5-6-12-11(7-13(14)17-12)8-15(4)16-9-10(2)3/h10-13H,5-9H2,1-4H3/t11?,12-,13-/m1/s1. The van der Waals surface area contributed by atoms with Gasteiger partial charge in [0.2, 0.25) is 0 Å². The first-order chi connectivity index (χ1) is 8.02. The summed E-state index contributed by atoms with van der Waals surface area (Å²) < 4.78 is 5.74. The largest absolute Gasteiger partial charge is 0.384 e. The predicted octanol–water partition coefficient (Wildman–Crippen LogP) is 2.21. The molecule has 3 nitrogen and oxygen atoms in total. The van der Waals surface area contributed by atoms with Gasteiger partial charge in [-0.15, -0.1) is 0 Å². The molecule has 0 aromatic heterocycles. The first-order valence-corrected chi connectivity index (χ1v) is 6.78. The Morgan fingerprint density at radius 2 is 2.18 bits per heavy atom. The topological polar surface area (TPSA) is 21.7 Å². The zero-order valence-corrected chi connectivity index (χ0v) is 11.7. The minimum absolute atomic E-state index is 0.0879. The van der Waals surface area contributed by atoms with E-state index in [-0.39, 0.29) is 6.00 Å². The van der Waals surface area contributed by atoms with Crippen LogP contribution < -0.4 is 0 Å². The molecule has 1 fully saturated rings. The van der Waals surface area contributed by atoms with Gasteiger partial charge >= 0.3 is 0 Å². The zero-order valence-electron chi connectivity index (χ0n) is 11.7. The molecular formula is C13H26BNO2. The van der Waals surface area contributed by atoms with Gasteiger partial charge in [-0.1, -0.05) is 27.2 Å². The molecule has 0 aromatic carbocycles. The fraction of sp³-hybridized carbons (Fsp3) is 1.00. The zero-order chi connectivity index (χ0) is 12.8. The highest BCUT2D eigenvalue weighted by Gasteiger charge is 2.32. The van der Waals surface area contributed by atoms with Crippen molar-refractivity contribution in [3.8, 4) is 0 Å². The van der Waals surface area contributed by atoms with Crippen molar-refractivity contribution in [3.05, 3.63) is 0 Å². The van der Waals surface area contributed by atoms with Crippen LogP contribution in [0.3, 0.4) is 0 Å². The van der Waals surface area contributed by atoms with Gasteiger partial charge < -0.3 is 4.74 Å². The smallest absolute Gasteiger partial charge is 0.109 e. The molecule has 2 radical (unpaired) electrons. The molecule has 0 saturated carbocycles. The summed E-state index contributed by atoms with van der Waals surface area (Å²) in [6, 6.07) is -0.0879. The lowest BCUT2D eigenvalue weighted by molar-refractivity contribution is -0.158. The number of rotatable bonds is 7. The van der Waals surface area contributed by atoms with Gasteiger partial charge in [0, 0.05) is 25.5 Å². The highest BCUT2D eigenvalue weighted by Crippen LogP contribution is 2.28. The summed E-state index contributed by atoms with van der Waals surface area (Å²) in [7, 11) is 7.86. The Morgan fingerprint density at radius 1 is 1.47 bits per heavy atom. The van der Waals surface area contributed by atoms with E-state index in [0.29, 0.717) is 17.9 Å². The van der Waals surface area contributed by atoms with Crippen LogP contribution in [0, 0.1) is 11.8 Å². The van der Waals surface area contributed by atoms with E-state index in [9.17, 15) is 0 Å². The van der Waals surface area contributed by atoms with Gasteiger partial charge in [0.05, 0.1) is 12.7 Å². The monoisotopic (exact) mass is 239 g/mol. The van der Waals surface area contributed by atoms with Crippen LogP contribution in [-0.4, -0.2) is 45.2 Å². The molecule has 0 aromatic rings. The van der Waals surface area contributed by atoms with Crippen LogP contribution in [0.15, 0.2) is 0 Å². The second-order valence-electron chi connectivity index (χ2n) is 5.50. The van der Waals surface area contributed by atoms with Gasteiger partial charge in [0.25, 0.3) is 0 Å². The first kappa shape index (κ1) is 15.0. The van der Waals surface area contributed by atoms with Crippen LogP contribution in [0.1, 0.15) is 40.0 Å². The second-order valence-corrected chi connectivity index (χ2v) is 5.50. The molecule has 0 bridgehead atoms. The van der Waals surface area contributed by atoms with Crippen molar-refractivity contribution < 1.29 is 9.57 Å². The summed E-state index contributed by atoms with van der Waals surface area (Å²) in [5.41, 5.74) is 0. The minimum atomic E-state index is -0.0879. The van der Waals surface area contributed by atoms with E-state index in [1.165, 1.54) is 0 Å². The van der Waals surface area contributed by atoms with Crippen molar-refractivity contribution >= 4 is 7.85 Å². The molecule has 98 valence electrons. The van der Waals surface area contributed by atoms with Gasteiger partial charge in [-0.25, -0.2) is 0 Å². The number of hydrogen-bond donors (Lipinski definition) is 0. The van der Waals surface area contributed by atoms with Crippen LogP contribution in [0.2, 0.25) is 0 Å². The molecule has 1 heterocycles. The third-order valence-corrected chi connectivity index (χ3v) is 3.10. The third-order valence-electron chi connectivity index (χ3n) is 3.10. The molecule has 1 rings (SSSR count). The van der Waals surface area contributed by atoms with Crippen molar-refractivity contribution in [3.63, 3.8) is 0 Å². The van der Waals surface area contributed by atoms with Gasteiger partial charge in [-0.2, -0.15) is 5.06 Å². The molecule has 1 aliphatic heterocycles. The maximum absolute atomic E-state index is 5.86. The van der Waals surface area contributed by atoms with E-state index >= 15 is 0 Å². The van der Waals surface area contributed by atoms with E-state index < -0.39 is 0 Å². The summed E-state index contributed by atoms with van der Waals surface area (Å²) in [5.74, 6) is 1.06. The molecule has 4 heteroatoms. The number of ether oxygens (including phenoxy) is 1. The maximum Gasteiger partial charge on any atom is 0.109 e. The summed E-state index contributed by atoms with van der Waals surface area (Å²) >= 11 is 0. The molecular weight excluding hydrogens is 213 g/mol. The average Bonchev–Trinajstić information content (AvgIpc) is 2.57. The summed E-state index contributed by atoms with van der Waals surface area (Å²) in [4.78, 5) is 5.66. The van der Waals surface area contributed by atoms with E-state index in [1.807, 2.05) is 12.1 Å². The first-order valence-electron chi connectivity index (χ1n) is 6.78. The lowest BCUT2D eigenvalue weighted by Gasteiger charge is -2.24. The molecule has 3 atom stereocenters. The summed E-state index contributed by atoms with van der Waals surface area (Å²) in [6.07, 6.45) is 3.49. The molecule has 0 aliphatic carbocycles. The fourth-order valence-corrected chi connectivity index (χ4v) is 2.28. The minimum Gasteiger partial charge on any atom is -0.384 e. The third kappa shape index (κ3) is 5.41. The normalized spacial score (nSPS) is 29.4. The van der Waals surface area contributed by atoms with Crippen LogP contribution >= 0.6 is 0 Å². The molecule has 0 N–H and O–H groups in total. The van der Waals surface area contributed by atoms with Crippen LogP contribution in [0.25, 0.3) is 0 Å². The van der Waals surface area contributed by atoms with Gasteiger partial charge in [-0.05, 0) is 18.8 Å². The van der Waals surface area contributed by atoms with Crippen molar-refractivity contribution in [1.82, 2.24) is 5.06 Å². The number of nitrogens with zero attached hydrogens (tertiary/aromatic N) is 1. The summed E-state index contributed by atoms with van der Waals surface area (Å²) in [6.45, 7) is 8.17. The van der Waals surface area contributed by atoms with Crippen molar-refractivity contribution in [1.29, 1.82) is 0 Å². The second kappa shape index (κ2) is 7.40. The van der Waals surface area contributed by atoms with E-state index in [1.54, 1.807) is 0 Å². The van der Waals surface area contributed by atoms with E-state index in [4.69, 9.17) is 17.4 Å². The lowest BCUT2D eigenvalue weighted by Crippen LogP contribution is -2.31. The van der Waals surface area contributed by atoms with E-state index in [2.05, 4.69) is 20.8 Å². The Morgan fingerprint density at radius 3 is 2.76 bits per heavy atom. The average molecular weight is 239 g/mol. The molecule has 1 saturated heterocycles. The molecule has 17 heavy (non-hydrogen) atoms. The molecule has 1 unspecified atom stereocenters. The van der Waals surface area contributed by atoms with Crippen LogP contribution in [0.4, 0.5) is 0 Å². The number of hydrogen-bond acceptors (Lipinski definition) is 3. The molecule has 1 aliphatic rings. The Kier molecular flexibility index (Phi) is 6.53. The van der Waals surface area contributed by atoms with Crippen molar-refractivity contribution in [2.24, 2.45) is 11.8 Å². The Labute approximate surface area is 107 Å². The Balaban J connectivity index is 2.32. The van der Waals surface area contributed by atoms with Crippen LogP contribution in [0.5, 0.6) is 0 Å². The number of hydroxylamine groups is 2. The quantitative estimate of drug-likeness (QED) is 0.502. The molecule has 0 amide bonds. The summed E-state index contributed by atoms with van der Waals surface area (Å²) in [5, 5.41) is 1.94. The van der Waals surface area contributed by atoms with Gasteiger partial charge in [-0.3, -0.25) is 4.84 Å². The maximum atomic E-state index is 5.86. The molecule has 0 spiro atoms. The lowest BCUT2D eigenvalue weighted by atomic mass is 9.90. The van der Waals surface area contributed by atoms with Crippen molar-refractivity contribution in [2.45, 2.75) is 52.1 Å². The van der Waals surface area contributed by atoms with Gasteiger partial charge in [0.15, 0.2) is 0 Å². The van der Waals surface area contributed by atoms with Crippen molar-refractivity contribution in [2.75, 3.05) is 20.2 Å². The highest BCUT2D eigenvalue weighted by molar-refractivity contribution is 6.11. The fourth-order valence-electron chi connectivity index (χ4n) is 2.28. The van der Waals surface area contributed by atoms with Gasteiger partial charge in [0.1, 0.15) is 7.85 Å². The predicted molar refractivity (Wildman–Crippen MR) is 70.9 cm³/mol. The highest BCUT2D eigenvalue weighted by atomic mass is 16.7. The SMILES string of the molecule is [B][C@H]1CC(CN(C)OCC(C)C)[C@@H](CCC)O1.